The summed E-state index contributed by atoms with van der Waals surface area (Å²) in [6.07, 6.45) is 4.11. The van der Waals surface area contributed by atoms with E-state index < -0.39 is 0 Å². The van der Waals surface area contributed by atoms with Crippen molar-refractivity contribution < 1.29 is 0 Å². The number of rotatable bonds is 5. The number of nitrogens with one attached hydrogen (secondary N) is 1. The summed E-state index contributed by atoms with van der Waals surface area (Å²) < 4.78 is 0. The molecular formula is C17H35IN4. The van der Waals surface area contributed by atoms with E-state index in [-0.39, 0.29) is 24.0 Å². The first-order chi connectivity index (χ1) is 10.0. The summed E-state index contributed by atoms with van der Waals surface area (Å²) in [4.78, 5) is 9.81. The van der Waals surface area contributed by atoms with Crippen LogP contribution in [0.15, 0.2) is 4.99 Å². The lowest BCUT2D eigenvalue weighted by atomic mass is 9.92. The maximum absolute atomic E-state index is 4.98. The normalized spacial score (nSPS) is 27.5. The summed E-state index contributed by atoms with van der Waals surface area (Å²) >= 11 is 0. The fourth-order valence-electron chi connectivity index (χ4n) is 3.66. The molecule has 22 heavy (non-hydrogen) atoms. The first-order valence-electron chi connectivity index (χ1n) is 8.70. The molecule has 1 heterocycles. The van der Waals surface area contributed by atoms with Gasteiger partial charge in [0.25, 0.3) is 0 Å². The molecule has 0 aromatic heterocycles. The van der Waals surface area contributed by atoms with Gasteiger partial charge in [0.1, 0.15) is 0 Å². The predicted octanol–water partition coefficient (Wildman–Crippen LogP) is 2.89. The van der Waals surface area contributed by atoms with Gasteiger partial charge in [-0.15, -0.1) is 24.0 Å². The van der Waals surface area contributed by atoms with Crippen molar-refractivity contribution >= 4 is 29.9 Å². The van der Waals surface area contributed by atoms with Crippen LogP contribution in [0.3, 0.4) is 0 Å². The molecule has 5 heteroatoms. The molecule has 0 amide bonds. The van der Waals surface area contributed by atoms with Gasteiger partial charge in [0.15, 0.2) is 5.96 Å². The Hall–Kier alpha value is -0.0400. The molecule has 1 aliphatic carbocycles. The highest BCUT2D eigenvalue weighted by molar-refractivity contribution is 14.0. The number of likely N-dealkylation sites (tertiary alicyclic amines) is 1. The van der Waals surface area contributed by atoms with Crippen molar-refractivity contribution in [3.63, 3.8) is 0 Å². The third kappa shape index (κ3) is 5.87. The number of hydrogen-bond acceptors (Lipinski definition) is 2. The van der Waals surface area contributed by atoms with E-state index in [4.69, 9.17) is 4.99 Å². The molecule has 2 fully saturated rings. The third-order valence-corrected chi connectivity index (χ3v) is 4.76. The molecule has 0 bridgehead atoms. The lowest BCUT2D eigenvalue weighted by Crippen LogP contribution is -2.49. The number of aliphatic imine (C=N–C) groups is 1. The smallest absolute Gasteiger partial charge is 0.193 e. The molecule has 3 unspecified atom stereocenters. The highest BCUT2D eigenvalue weighted by Crippen LogP contribution is 2.34. The summed E-state index contributed by atoms with van der Waals surface area (Å²) in [6.45, 7) is 11.1. The monoisotopic (exact) mass is 422 g/mol. The van der Waals surface area contributed by atoms with Gasteiger partial charge in [-0.25, -0.2) is 0 Å². The molecule has 2 rings (SSSR count). The van der Waals surface area contributed by atoms with Crippen LogP contribution in [0.5, 0.6) is 0 Å². The Kier molecular flexibility index (Phi) is 8.46. The third-order valence-electron chi connectivity index (χ3n) is 4.76. The molecule has 0 spiro atoms. The molecule has 1 aliphatic heterocycles. The molecule has 1 saturated heterocycles. The zero-order valence-electron chi connectivity index (χ0n) is 15.0. The van der Waals surface area contributed by atoms with E-state index in [1.54, 1.807) is 0 Å². The molecule has 0 radical (unpaired) electrons. The van der Waals surface area contributed by atoms with Crippen LogP contribution in [0.25, 0.3) is 0 Å². The van der Waals surface area contributed by atoms with Gasteiger partial charge in [-0.1, -0.05) is 13.8 Å². The first kappa shape index (κ1) is 20.0. The second kappa shape index (κ2) is 9.30. The van der Waals surface area contributed by atoms with Gasteiger partial charge in [0, 0.05) is 25.7 Å². The minimum absolute atomic E-state index is 0. The predicted molar refractivity (Wildman–Crippen MR) is 106 cm³/mol. The van der Waals surface area contributed by atoms with Gasteiger partial charge in [-0.05, 0) is 58.0 Å². The van der Waals surface area contributed by atoms with Crippen molar-refractivity contribution in [3.8, 4) is 0 Å². The summed E-state index contributed by atoms with van der Waals surface area (Å²) in [7, 11) is 4.38. The summed E-state index contributed by atoms with van der Waals surface area (Å²) in [6, 6.07) is 0.610. The van der Waals surface area contributed by atoms with Crippen LogP contribution in [0, 0.1) is 17.8 Å². The number of guanidine groups is 1. The first-order valence-corrected chi connectivity index (χ1v) is 8.70. The van der Waals surface area contributed by atoms with Crippen LogP contribution in [0.1, 0.15) is 40.0 Å². The molecule has 1 saturated carbocycles. The topological polar surface area (TPSA) is 30.9 Å². The molecule has 0 aromatic rings. The zero-order valence-corrected chi connectivity index (χ0v) is 17.3. The van der Waals surface area contributed by atoms with Crippen molar-refractivity contribution in [2.24, 2.45) is 22.7 Å². The maximum Gasteiger partial charge on any atom is 0.193 e. The van der Waals surface area contributed by atoms with Gasteiger partial charge in [-0.2, -0.15) is 0 Å². The van der Waals surface area contributed by atoms with Crippen LogP contribution in [0.2, 0.25) is 0 Å². The number of piperidine rings is 1. The standard InChI is InChI=1S/C17H34N4.HI/c1-6-18-17(21-11-13(2)9-14(3)12-21)19-10-16(20(4)5)15-7-8-15;/h13-16H,6-12H2,1-5H3,(H,18,19);1H. The molecular weight excluding hydrogens is 387 g/mol. The molecule has 0 aromatic carbocycles. The molecule has 2 aliphatic rings. The minimum atomic E-state index is 0. The van der Waals surface area contributed by atoms with E-state index in [1.807, 2.05) is 0 Å². The van der Waals surface area contributed by atoms with E-state index in [0.29, 0.717) is 6.04 Å². The number of likely N-dealkylation sites (N-methyl/N-ethyl adjacent to an activating group) is 1. The van der Waals surface area contributed by atoms with Gasteiger partial charge >= 0.3 is 0 Å². The van der Waals surface area contributed by atoms with Gasteiger partial charge in [0.05, 0.1) is 6.54 Å². The van der Waals surface area contributed by atoms with Crippen molar-refractivity contribution in [3.05, 3.63) is 0 Å². The van der Waals surface area contributed by atoms with Crippen LogP contribution in [0.4, 0.5) is 0 Å². The Morgan fingerprint density at radius 1 is 1.23 bits per heavy atom. The van der Waals surface area contributed by atoms with E-state index >= 15 is 0 Å². The van der Waals surface area contributed by atoms with Crippen LogP contribution in [-0.2, 0) is 0 Å². The average molecular weight is 422 g/mol. The van der Waals surface area contributed by atoms with Gasteiger partial charge in [-0.3, -0.25) is 4.99 Å². The average Bonchev–Trinajstić information content (AvgIpc) is 3.20. The van der Waals surface area contributed by atoms with Crippen LogP contribution in [-0.4, -0.2) is 62.1 Å². The lowest BCUT2D eigenvalue weighted by Gasteiger charge is -2.37. The van der Waals surface area contributed by atoms with Gasteiger partial charge < -0.3 is 15.1 Å². The number of nitrogens with zero attached hydrogens (tertiary/aromatic N) is 3. The molecule has 3 atom stereocenters. The Labute approximate surface area is 154 Å². The second-order valence-corrected chi connectivity index (χ2v) is 7.41. The summed E-state index contributed by atoms with van der Waals surface area (Å²) in [5.41, 5.74) is 0. The van der Waals surface area contributed by atoms with E-state index in [0.717, 1.165) is 49.9 Å². The van der Waals surface area contributed by atoms with E-state index in [9.17, 15) is 0 Å². The Morgan fingerprint density at radius 2 is 1.82 bits per heavy atom. The van der Waals surface area contributed by atoms with Crippen LogP contribution < -0.4 is 5.32 Å². The van der Waals surface area contributed by atoms with Crippen molar-refractivity contribution in [1.29, 1.82) is 0 Å². The van der Waals surface area contributed by atoms with Gasteiger partial charge in [0.2, 0.25) is 0 Å². The highest BCUT2D eigenvalue weighted by atomic mass is 127. The SMILES string of the molecule is CCNC(=NCC(C1CC1)N(C)C)N1CC(C)CC(C)C1.I. The van der Waals surface area contributed by atoms with Crippen molar-refractivity contribution in [2.45, 2.75) is 46.1 Å². The molecule has 1 N–H and O–H groups in total. The number of halogens is 1. The van der Waals surface area contributed by atoms with E-state index in [2.05, 4.69) is 50.0 Å². The fraction of sp³-hybridized carbons (Fsp3) is 0.941. The second-order valence-electron chi connectivity index (χ2n) is 7.41. The van der Waals surface area contributed by atoms with Crippen molar-refractivity contribution in [1.82, 2.24) is 15.1 Å². The quantitative estimate of drug-likeness (QED) is 0.420. The van der Waals surface area contributed by atoms with E-state index in [1.165, 1.54) is 19.3 Å². The fourth-order valence-corrected chi connectivity index (χ4v) is 3.66. The molecule has 4 nitrogen and oxygen atoms in total. The summed E-state index contributed by atoms with van der Waals surface area (Å²) in [5, 5.41) is 3.50. The maximum atomic E-state index is 4.98. The minimum Gasteiger partial charge on any atom is -0.357 e. The Morgan fingerprint density at radius 3 is 2.27 bits per heavy atom. The highest BCUT2D eigenvalue weighted by Gasteiger charge is 2.32. The largest absolute Gasteiger partial charge is 0.357 e. The zero-order chi connectivity index (χ0) is 15.4. The Bertz CT molecular complexity index is 343. The van der Waals surface area contributed by atoms with Crippen molar-refractivity contribution in [2.75, 3.05) is 40.3 Å². The summed E-state index contributed by atoms with van der Waals surface area (Å²) in [5.74, 6) is 3.53. The lowest BCUT2D eigenvalue weighted by molar-refractivity contribution is 0.207. The van der Waals surface area contributed by atoms with Crippen LogP contribution >= 0.6 is 24.0 Å². The number of hydrogen-bond donors (Lipinski definition) is 1. The Balaban J connectivity index is 0.00000242. The molecule has 130 valence electrons.